The largest absolute Gasteiger partial charge is 0.439 e. The number of carbonyl (C=O) groups is 1. The van der Waals surface area contributed by atoms with Gasteiger partial charge >= 0.3 is 0 Å². The van der Waals surface area contributed by atoms with Crippen LogP contribution in [0.25, 0.3) is 0 Å². The highest BCUT2D eigenvalue weighted by Crippen LogP contribution is 2.26. The summed E-state index contributed by atoms with van der Waals surface area (Å²) in [5, 5.41) is 2.90. The van der Waals surface area contributed by atoms with Crippen molar-refractivity contribution in [1.82, 2.24) is 10.3 Å². The van der Waals surface area contributed by atoms with Gasteiger partial charge in [0.1, 0.15) is 11.6 Å². The Kier molecular flexibility index (Phi) is 5.28. The van der Waals surface area contributed by atoms with Gasteiger partial charge < -0.3 is 15.8 Å². The van der Waals surface area contributed by atoms with Gasteiger partial charge in [0.25, 0.3) is 0 Å². The fourth-order valence-corrected chi connectivity index (χ4v) is 2.97. The molecule has 3 N–H and O–H groups in total. The van der Waals surface area contributed by atoms with E-state index in [2.05, 4.69) is 10.3 Å². The summed E-state index contributed by atoms with van der Waals surface area (Å²) in [5.41, 5.74) is 6.33. The Bertz CT molecular complexity index is 710. The van der Waals surface area contributed by atoms with E-state index < -0.39 is 5.54 Å². The fraction of sp³-hybridized carbons (Fsp3) is 0.368. The Morgan fingerprint density at radius 1 is 1.16 bits per heavy atom. The molecule has 6 heteroatoms. The number of hydrogen-bond acceptors (Lipinski definition) is 4. The molecule has 1 aromatic heterocycles. The number of nitrogens with zero attached hydrogens (tertiary/aromatic N) is 1. The average Bonchev–Trinajstić information content (AvgIpc) is 2.63. The maximum Gasteiger partial charge on any atom is 0.240 e. The number of nitrogens with two attached hydrogens (primary N) is 1. The second-order valence-electron chi connectivity index (χ2n) is 6.46. The molecule has 1 amide bonds. The third-order valence-electron chi connectivity index (χ3n) is 4.48. The molecule has 3 rings (SSSR count). The Hall–Kier alpha value is -2.47. The normalized spacial score (nSPS) is 16.2. The molecule has 1 saturated carbocycles. The molecule has 1 aromatic carbocycles. The molecule has 1 fully saturated rings. The van der Waals surface area contributed by atoms with E-state index >= 15 is 0 Å². The van der Waals surface area contributed by atoms with E-state index in [-0.39, 0.29) is 11.7 Å². The molecule has 5 nitrogen and oxygen atoms in total. The van der Waals surface area contributed by atoms with Gasteiger partial charge in [-0.1, -0.05) is 25.3 Å². The van der Waals surface area contributed by atoms with Crippen molar-refractivity contribution in [2.75, 3.05) is 0 Å². The fourth-order valence-electron chi connectivity index (χ4n) is 2.97. The number of nitrogens with one attached hydrogen (secondary N) is 1. The lowest BCUT2D eigenvalue weighted by molar-refractivity contribution is -0.127. The van der Waals surface area contributed by atoms with Crippen LogP contribution >= 0.6 is 0 Å². The van der Waals surface area contributed by atoms with Gasteiger partial charge in [-0.05, 0) is 42.7 Å². The van der Waals surface area contributed by atoms with Crippen LogP contribution in [0.3, 0.4) is 0 Å². The summed E-state index contributed by atoms with van der Waals surface area (Å²) in [7, 11) is 0. The summed E-state index contributed by atoms with van der Waals surface area (Å²) in [4.78, 5) is 16.5. The van der Waals surface area contributed by atoms with Crippen molar-refractivity contribution in [3.05, 3.63) is 54.0 Å². The molecule has 1 aliphatic carbocycles. The summed E-state index contributed by atoms with van der Waals surface area (Å²) in [6.07, 6.45) is 6.26. The number of benzene rings is 1. The third-order valence-corrected chi connectivity index (χ3v) is 4.48. The standard InChI is InChI=1S/C19H22FN3O2/c20-15-5-7-16(8-6-15)25-17-9-4-14(12-22-17)13-23-18(24)19(21)10-2-1-3-11-19/h4-9,12H,1-3,10-11,13,21H2,(H,23,24). The van der Waals surface area contributed by atoms with Gasteiger partial charge in [-0.2, -0.15) is 0 Å². The first-order chi connectivity index (χ1) is 12.0. The van der Waals surface area contributed by atoms with Crippen LogP contribution in [0.4, 0.5) is 4.39 Å². The van der Waals surface area contributed by atoms with E-state index in [0.29, 0.717) is 18.2 Å². The first kappa shape index (κ1) is 17.4. The van der Waals surface area contributed by atoms with Gasteiger partial charge in [0.2, 0.25) is 11.8 Å². The lowest BCUT2D eigenvalue weighted by atomic mass is 9.82. The zero-order valence-corrected chi connectivity index (χ0v) is 14.0. The van der Waals surface area contributed by atoms with Crippen LogP contribution < -0.4 is 15.8 Å². The lowest BCUT2D eigenvalue weighted by Gasteiger charge is -2.31. The molecule has 25 heavy (non-hydrogen) atoms. The Labute approximate surface area is 146 Å². The Morgan fingerprint density at radius 2 is 1.88 bits per heavy atom. The van der Waals surface area contributed by atoms with Crippen molar-refractivity contribution < 1.29 is 13.9 Å². The van der Waals surface area contributed by atoms with Crippen molar-refractivity contribution in [1.29, 1.82) is 0 Å². The summed E-state index contributed by atoms with van der Waals surface area (Å²) in [6, 6.07) is 9.27. The predicted molar refractivity (Wildman–Crippen MR) is 92.6 cm³/mol. The van der Waals surface area contributed by atoms with Crippen LogP contribution in [0.5, 0.6) is 11.6 Å². The molecule has 2 aromatic rings. The molecule has 0 spiro atoms. The van der Waals surface area contributed by atoms with E-state index in [1.807, 2.05) is 6.07 Å². The van der Waals surface area contributed by atoms with E-state index in [0.717, 1.165) is 37.7 Å². The van der Waals surface area contributed by atoms with Gasteiger partial charge in [0.05, 0.1) is 5.54 Å². The van der Waals surface area contributed by atoms with Crippen LogP contribution in [0.2, 0.25) is 0 Å². The van der Waals surface area contributed by atoms with Gasteiger partial charge in [0.15, 0.2) is 0 Å². The topological polar surface area (TPSA) is 77.2 Å². The van der Waals surface area contributed by atoms with Crippen LogP contribution in [-0.4, -0.2) is 16.4 Å². The summed E-state index contributed by atoms with van der Waals surface area (Å²) in [6.45, 7) is 0.377. The zero-order valence-electron chi connectivity index (χ0n) is 14.0. The second kappa shape index (κ2) is 7.61. The number of aromatic nitrogens is 1. The van der Waals surface area contributed by atoms with Crippen molar-refractivity contribution in [2.45, 2.75) is 44.2 Å². The molecule has 0 saturated heterocycles. The van der Waals surface area contributed by atoms with Crippen LogP contribution in [0, 0.1) is 5.82 Å². The summed E-state index contributed by atoms with van der Waals surface area (Å²) >= 11 is 0. The van der Waals surface area contributed by atoms with Crippen molar-refractivity contribution in [3.63, 3.8) is 0 Å². The van der Waals surface area contributed by atoms with Crippen LogP contribution in [0.1, 0.15) is 37.7 Å². The minimum Gasteiger partial charge on any atom is -0.439 e. The van der Waals surface area contributed by atoms with E-state index in [9.17, 15) is 9.18 Å². The molecule has 1 heterocycles. The second-order valence-corrected chi connectivity index (χ2v) is 6.46. The van der Waals surface area contributed by atoms with E-state index in [1.54, 1.807) is 12.3 Å². The number of hydrogen-bond donors (Lipinski definition) is 2. The van der Waals surface area contributed by atoms with E-state index in [4.69, 9.17) is 10.5 Å². The number of carbonyl (C=O) groups excluding carboxylic acids is 1. The minimum absolute atomic E-state index is 0.0983. The number of amides is 1. The smallest absolute Gasteiger partial charge is 0.240 e. The SMILES string of the molecule is NC1(C(=O)NCc2ccc(Oc3ccc(F)cc3)nc2)CCCCC1. The highest BCUT2D eigenvalue weighted by atomic mass is 19.1. The van der Waals surface area contributed by atoms with Crippen molar-refractivity contribution in [2.24, 2.45) is 5.73 Å². The average molecular weight is 343 g/mol. The van der Waals surface area contributed by atoms with Crippen molar-refractivity contribution in [3.8, 4) is 11.6 Å². The number of rotatable bonds is 5. The molecule has 132 valence electrons. The Balaban J connectivity index is 1.53. The van der Waals surface area contributed by atoms with E-state index in [1.165, 1.54) is 24.3 Å². The molecule has 0 bridgehead atoms. The predicted octanol–water partition coefficient (Wildman–Crippen LogP) is 3.29. The number of halogens is 1. The number of ether oxygens (including phenoxy) is 1. The molecule has 0 radical (unpaired) electrons. The monoisotopic (exact) mass is 343 g/mol. The Morgan fingerprint density at radius 3 is 2.52 bits per heavy atom. The first-order valence-corrected chi connectivity index (χ1v) is 8.51. The molecule has 0 unspecified atom stereocenters. The van der Waals surface area contributed by atoms with Crippen LogP contribution in [0.15, 0.2) is 42.6 Å². The maximum atomic E-state index is 12.9. The quantitative estimate of drug-likeness (QED) is 0.873. The van der Waals surface area contributed by atoms with Crippen LogP contribution in [-0.2, 0) is 11.3 Å². The molecule has 0 atom stereocenters. The maximum absolute atomic E-state index is 12.9. The van der Waals surface area contributed by atoms with Crippen molar-refractivity contribution >= 4 is 5.91 Å². The van der Waals surface area contributed by atoms with Gasteiger partial charge in [-0.3, -0.25) is 4.79 Å². The van der Waals surface area contributed by atoms with Gasteiger partial charge in [0, 0.05) is 18.8 Å². The molecule has 1 aliphatic rings. The highest BCUT2D eigenvalue weighted by Gasteiger charge is 2.34. The molecular weight excluding hydrogens is 321 g/mol. The summed E-state index contributed by atoms with van der Waals surface area (Å²) < 4.78 is 18.4. The third kappa shape index (κ3) is 4.54. The number of pyridine rings is 1. The van der Waals surface area contributed by atoms with Gasteiger partial charge in [-0.15, -0.1) is 0 Å². The summed E-state index contributed by atoms with van der Waals surface area (Å²) in [5.74, 6) is 0.502. The highest BCUT2D eigenvalue weighted by molar-refractivity contribution is 5.86. The first-order valence-electron chi connectivity index (χ1n) is 8.51. The lowest BCUT2D eigenvalue weighted by Crippen LogP contribution is -2.54. The van der Waals surface area contributed by atoms with Gasteiger partial charge in [-0.25, -0.2) is 9.37 Å². The molecular formula is C19H22FN3O2. The molecule has 0 aliphatic heterocycles. The zero-order chi connectivity index (χ0) is 17.7. The minimum atomic E-state index is -0.739.